The summed E-state index contributed by atoms with van der Waals surface area (Å²) < 4.78 is 87.7. The van der Waals surface area contributed by atoms with E-state index in [1.165, 1.54) is 27.7 Å². The quantitative estimate of drug-likeness (QED) is 0.179. The summed E-state index contributed by atoms with van der Waals surface area (Å²) >= 11 is 0. The number of hydrazone groups is 1. The van der Waals surface area contributed by atoms with Crippen LogP contribution in [0.1, 0.15) is 54.7 Å². The lowest BCUT2D eigenvalue weighted by Gasteiger charge is -2.19. The number of ketones is 1. The molecule has 0 aliphatic carbocycles. The summed E-state index contributed by atoms with van der Waals surface area (Å²) in [5.74, 6) is -1.09. The van der Waals surface area contributed by atoms with E-state index in [2.05, 4.69) is 5.10 Å². The van der Waals surface area contributed by atoms with Crippen LogP contribution in [0.3, 0.4) is 0 Å². The van der Waals surface area contributed by atoms with E-state index in [0.29, 0.717) is 24.3 Å². The Bertz CT molecular complexity index is 1130. The van der Waals surface area contributed by atoms with E-state index in [-0.39, 0.29) is 16.1 Å². The van der Waals surface area contributed by atoms with Crippen LogP contribution in [-0.2, 0) is 21.8 Å². The molecule has 0 aromatic heterocycles. The van der Waals surface area contributed by atoms with E-state index >= 15 is 0 Å². The van der Waals surface area contributed by atoms with Gasteiger partial charge in [0.25, 0.3) is 0 Å². The van der Waals surface area contributed by atoms with Gasteiger partial charge in [-0.05, 0) is 52.0 Å². The highest BCUT2D eigenvalue weighted by atomic mass is 19.4. The number of alkyl halides is 6. The predicted octanol–water partition coefficient (Wildman–Crippen LogP) is 6.70. The lowest BCUT2D eigenvalue weighted by molar-refractivity contribution is -0.138. The van der Waals surface area contributed by atoms with Crippen molar-refractivity contribution < 1.29 is 50.2 Å². The van der Waals surface area contributed by atoms with Crippen LogP contribution in [-0.4, -0.2) is 40.9 Å². The Morgan fingerprint density at radius 1 is 0.676 bits per heavy atom. The zero-order valence-electron chi connectivity index (χ0n) is 20.0. The van der Waals surface area contributed by atoms with Gasteiger partial charge in [0.1, 0.15) is 5.71 Å². The summed E-state index contributed by atoms with van der Waals surface area (Å²) in [6, 6.07) is 5.89. The van der Waals surface area contributed by atoms with Gasteiger partial charge >= 0.3 is 24.5 Å². The molecular weight excluding hydrogens is 510 g/mol. The number of halogens is 6. The first kappa shape index (κ1) is 29.3. The van der Waals surface area contributed by atoms with Crippen molar-refractivity contribution in [1.82, 2.24) is 5.01 Å². The van der Waals surface area contributed by atoms with Crippen LogP contribution < -0.4 is 0 Å². The summed E-state index contributed by atoms with van der Waals surface area (Å²) in [5.41, 5.74) is -3.46. The molecule has 0 aliphatic heterocycles. The van der Waals surface area contributed by atoms with E-state index in [1.54, 1.807) is 0 Å². The predicted molar refractivity (Wildman–Crippen MR) is 119 cm³/mol. The summed E-state index contributed by atoms with van der Waals surface area (Å²) in [7, 11) is 0. The molecular formula is C24H22F6N2O5. The minimum atomic E-state index is -4.71. The summed E-state index contributed by atoms with van der Waals surface area (Å²) in [5, 5.41) is 3.82. The lowest BCUT2D eigenvalue weighted by atomic mass is 9.98. The van der Waals surface area contributed by atoms with Crippen molar-refractivity contribution in [1.29, 1.82) is 0 Å². The molecule has 2 rings (SSSR count). The molecule has 0 aliphatic rings. The third-order valence-corrected chi connectivity index (χ3v) is 4.39. The maximum atomic E-state index is 13.2. The number of carbonyl (C=O) groups excluding carboxylic acids is 3. The van der Waals surface area contributed by atoms with Crippen LogP contribution in [0, 0.1) is 0 Å². The fourth-order valence-electron chi connectivity index (χ4n) is 2.76. The van der Waals surface area contributed by atoms with Gasteiger partial charge in [-0.1, -0.05) is 29.3 Å². The fraction of sp³-hybridized carbons (Fsp3) is 0.333. The van der Waals surface area contributed by atoms with Crippen molar-refractivity contribution in [2.24, 2.45) is 5.10 Å². The normalized spacial score (nSPS) is 12.5. The zero-order chi connectivity index (χ0) is 28.1. The van der Waals surface area contributed by atoms with Gasteiger partial charge in [0.05, 0.1) is 23.3 Å². The topological polar surface area (TPSA) is 85.3 Å². The van der Waals surface area contributed by atoms with Crippen molar-refractivity contribution in [2.45, 2.75) is 52.3 Å². The third kappa shape index (κ3) is 8.05. The Balaban J connectivity index is 2.66. The molecule has 13 heteroatoms. The average molecular weight is 532 g/mol. The Morgan fingerprint density at radius 2 is 1.03 bits per heavy atom. The Kier molecular flexibility index (Phi) is 9.07. The summed E-state index contributed by atoms with van der Waals surface area (Å²) in [6.45, 7) is 5.82. The number of hydrogen-bond donors (Lipinski definition) is 0. The first-order valence-electron chi connectivity index (χ1n) is 10.7. The van der Waals surface area contributed by atoms with Crippen LogP contribution in [0.4, 0.5) is 35.9 Å². The maximum Gasteiger partial charge on any atom is 0.440 e. The average Bonchev–Trinajstić information content (AvgIpc) is 2.77. The van der Waals surface area contributed by atoms with Crippen molar-refractivity contribution in [2.75, 3.05) is 0 Å². The van der Waals surface area contributed by atoms with Crippen LogP contribution in [0.25, 0.3) is 0 Å². The number of Topliss-reactive ketones (excluding diaryl/α,β-unsaturated/α-hetero) is 1. The number of imide groups is 1. The first-order valence-corrected chi connectivity index (χ1v) is 10.7. The van der Waals surface area contributed by atoms with Crippen LogP contribution in [0.15, 0.2) is 53.6 Å². The summed E-state index contributed by atoms with van der Waals surface area (Å²) in [6.07, 6.45) is -13.6. The Morgan fingerprint density at radius 3 is 1.35 bits per heavy atom. The molecule has 0 spiro atoms. The third-order valence-electron chi connectivity index (χ3n) is 4.39. The summed E-state index contributed by atoms with van der Waals surface area (Å²) in [4.78, 5) is 38.4. The SMILES string of the molecule is CC(C)OC(=O)N(/N=C(\C(=O)c1ccc(C(F)(F)F)cc1)c1ccc(C(F)(F)F)cc1)C(=O)OC(C)C. The largest absolute Gasteiger partial charge is 0.445 e. The van der Waals surface area contributed by atoms with Gasteiger partial charge in [0, 0.05) is 11.1 Å². The van der Waals surface area contributed by atoms with Crippen LogP contribution in [0.5, 0.6) is 0 Å². The molecule has 7 nitrogen and oxygen atoms in total. The standard InChI is InChI=1S/C24H22F6N2O5/c1-13(2)36-21(34)32(22(35)37-14(3)4)31-19(15-5-9-17(10-6-15)23(25,26)27)20(33)16-7-11-18(12-8-16)24(28,29)30/h5-14H,1-4H3/b31-19-. The van der Waals surface area contributed by atoms with Crippen molar-refractivity contribution in [3.05, 3.63) is 70.8 Å². The fourth-order valence-corrected chi connectivity index (χ4v) is 2.76. The van der Waals surface area contributed by atoms with E-state index in [4.69, 9.17) is 9.47 Å². The lowest BCUT2D eigenvalue weighted by Crippen LogP contribution is -2.38. The second kappa shape index (κ2) is 11.4. The number of ether oxygens (including phenoxy) is 2. The number of rotatable bonds is 6. The van der Waals surface area contributed by atoms with Gasteiger partial charge in [-0.2, -0.15) is 31.4 Å². The molecule has 0 saturated carbocycles. The molecule has 2 aromatic carbocycles. The molecule has 0 saturated heterocycles. The molecule has 0 radical (unpaired) electrons. The Hall–Kier alpha value is -3.90. The monoisotopic (exact) mass is 532 g/mol. The number of hydrogen-bond acceptors (Lipinski definition) is 6. The second-order valence-electron chi connectivity index (χ2n) is 8.10. The molecule has 0 unspecified atom stereocenters. The van der Waals surface area contributed by atoms with Gasteiger partial charge in [-0.3, -0.25) is 4.79 Å². The Labute approximate surface area is 207 Å². The highest BCUT2D eigenvalue weighted by Crippen LogP contribution is 2.30. The van der Waals surface area contributed by atoms with E-state index in [0.717, 1.165) is 24.3 Å². The maximum absolute atomic E-state index is 13.2. The molecule has 200 valence electrons. The molecule has 2 aromatic rings. The molecule has 2 amide bonds. The molecule has 37 heavy (non-hydrogen) atoms. The highest BCUT2D eigenvalue weighted by molar-refractivity contribution is 6.51. The molecule has 0 atom stereocenters. The number of carbonyl (C=O) groups is 3. The van der Waals surface area contributed by atoms with E-state index in [1.807, 2.05) is 0 Å². The zero-order valence-corrected chi connectivity index (χ0v) is 20.0. The molecule has 0 bridgehead atoms. The number of benzene rings is 2. The van der Waals surface area contributed by atoms with Crippen molar-refractivity contribution in [3.8, 4) is 0 Å². The first-order chi connectivity index (χ1) is 17.0. The van der Waals surface area contributed by atoms with Gasteiger partial charge in [0.15, 0.2) is 0 Å². The van der Waals surface area contributed by atoms with Gasteiger partial charge in [0.2, 0.25) is 5.78 Å². The smallest absolute Gasteiger partial charge is 0.440 e. The number of amides is 2. The van der Waals surface area contributed by atoms with Crippen molar-refractivity contribution >= 4 is 23.7 Å². The molecule has 0 heterocycles. The molecule has 0 fully saturated rings. The van der Waals surface area contributed by atoms with Gasteiger partial charge in [-0.25, -0.2) is 9.59 Å². The minimum Gasteiger partial charge on any atom is -0.445 e. The molecule has 0 N–H and O–H groups in total. The van der Waals surface area contributed by atoms with E-state index < -0.39 is 59.4 Å². The van der Waals surface area contributed by atoms with Crippen LogP contribution in [0.2, 0.25) is 0 Å². The number of nitrogens with zero attached hydrogens (tertiary/aromatic N) is 2. The van der Waals surface area contributed by atoms with Crippen molar-refractivity contribution in [3.63, 3.8) is 0 Å². The van der Waals surface area contributed by atoms with Gasteiger partial charge < -0.3 is 9.47 Å². The minimum absolute atomic E-state index is 0.0784. The van der Waals surface area contributed by atoms with E-state index in [9.17, 15) is 40.7 Å². The highest BCUT2D eigenvalue weighted by Gasteiger charge is 2.33. The van der Waals surface area contributed by atoms with Crippen LogP contribution >= 0.6 is 0 Å². The second-order valence-corrected chi connectivity index (χ2v) is 8.10. The van der Waals surface area contributed by atoms with Gasteiger partial charge in [-0.15, -0.1) is 0 Å².